The van der Waals surface area contributed by atoms with Gasteiger partial charge in [0, 0.05) is 37.2 Å². The van der Waals surface area contributed by atoms with Crippen molar-refractivity contribution < 1.29 is 4.74 Å². The van der Waals surface area contributed by atoms with E-state index in [2.05, 4.69) is 17.3 Å². The van der Waals surface area contributed by atoms with Gasteiger partial charge >= 0.3 is 0 Å². The van der Waals surface area contributed by atoms with Crippen molar-refractivity contribution in [2.75, 3.05) is 33.4 Å². The van der Waals surface area contributed by atoms with E-state index < -0.39 is 0 Å². The van der Waals surface area contributed by atoms with Crippen LogP contribution in [-0.2, 0) is 4.74 Å². The monoisotopic (exact) mass is 238 g/mol. The summed E-state index contributed by atoms with van der Waals surface area (Å²) in [6, 6.07) is 1.69. The van der Waals surface area contributed by atoms with Crippen LogP contribution in [0.25, 0.3) is 0 Å². The Balaban J connectivity index is 1.56. The molecule has 0 aromatic carbocycles. The molecule has 1 atom stereocenters. The molecule has 1 aliphatic heterocycles. The van der Waals surface area contributed by atoms with Gasteiger partial charge in [-0.05, 0) is 45.6 Å². The predicted molar refractivity (Wildman–Crippen MR) is 69.2 cm³/mol. The van der Waals surface area contributed by atoms with Crippen molar-refractivity contribution in [3.05, 3.63) is 0 Å². The molecular formula is C14H26N2O. The minimum atomic E-state index is 0.387. The highest BCUT2D eigenvalue weighted by molar-refractivity contribution is 4.93. The Bertz CT molecular complexity index is 255. The summed E-state index contributed by atoms with van der Waals surface area (Å²) in [6.07, 6.45) is 8.16. The second-order valence-corrected chi connectivity index (χ2v) is 6.46. The van der Waals surface area contributed by atoms with E-state index in [0.29, 0.717) is 5.41 Å². The van der Waals surface area contributed by atoms with Gasteiger partial charge in [-0.15, -0.1) is 0 Å². The molecule has 3 rings (SSSR count). The fourth-order valence-electron chi connectivity index (χ4n) is 3.05. The molecule has 0 aromatic rings. The highest BCUT2D eigenvalue weighted by Gasteiger charge is 2.38. The normalized spacial score (nSPS) is 34.2. The largest absolute Gasteiger partial charge is 0.381 e. The second kappa shape index (κ2) is 4.87. The Hall–Kier alpha value is -0.120. The summed E-state index contributed by atoms with van der Waals surface area (Å²) in [6.45, 7) is 4.31. The fraction of sp³-hybridized carbons (Fsp3) is 1.00. The Kier molecular flexibility index (Phi) is 3.42. The molecule has 1 heterocycles. The molecule has 0 radical (unpaired) electrons. The number of nitrogens with zero attached hydrogens (tertiary/aromatic N) is 1. The summed E-state index contributed by atoms with van der Waals surface area (Å²) < 4.78 is 5.77. The van der Waals surface area contributed by atoms with Gasteiger partial charge in [0.05, 0.1) is 6.61 Å². The third-order valence-corrected chi connectivity index (χ3v) is 4.50. The van der Waals surface area contributed by atoms with Gasteiger partial charge in [-0.25, -0.2) is 0 Å². The van der Waals surface area contributed by atoms with E-state index in [9.17, 15) is 0 Å². The van der Waals surface area contributed by atoms with Gasteiger partial charge in [0.15, 0.2) is 0 Å². The molecule has 17 heavy (non-hydrogen) atoms. The molecule has 1 N–H and O–H groups in total. The lowest BCUT2D eigenvalue weighted by Crippen LogP contribution is -2.49. The summed E-state index contributed by atoms with van der Waals surface area (Å²) in [5.41, 5.74) is 0.387. The summed E-state index contributed by atoms with van der Waals surface area (Å²) in [4.78, 5) is 2.57. The van der Waals surface area contributed by atoms with Crippen LogP contribution in [0, 0.1) is 5.41 Å². The van der Waals surface area contributed by atoms with Crippen LogP contribution >= 0.6 is 0 Å². The van der Waals surface area contributed by atoms with Crippen molar-refractivity contribution in [3.8, 4) is 0 Å². The summed E-state index contributed by atoms with van der Waals surface area (Å²) in [5, 5.41) is 3.73. The molecule has 2 aliphatic carbocycles. The molecule has 0 bridgehead atoms. The van der Waals surface area contributed by atoms with Crippen LogP contribution in [-0.4, -0.2) is 50.3 Å². The summed E-state index contributed by atoms with van der Waals surface area (Å²) in [7, 11) is 2.30. The first-order chi connectivity index (χ1) is 8.27. The lowest BCUT2D eigenvalue weighted by molar-refractivity contribution is -0.0239. The van der Waals surface area contributed by atoms with E-state index in [-0.39, 0.29) is 0 Å². The molecule has 0 spiro atoms. The van der Waals surface area contributed by atoms with Gasteiger partial charge in [-0.3, -0.25) is 0 Å². The first-order valence-corrected chi connectivity index (χ1v) is 7.29. The number of hydrogen-bond acceptors (Lipinski definition) is 3. The first kappa shape index (κ1) is 11.9. The van der Waals surface area contributed by atoms with Crippen molar-refractivity contribution >= 4 is 0 Å². The van der Waals surface area contributed by atoms with Crippen LogP contribution in [0.2, 0.25) is 0 Å². The summed E-state index contributed by atoms with van der Waals surface area (Å²) >= 11 is 0. The maximum absolute atomic E-state index is 5.77. The molecule has 1 unspecified atom stereocenters. The molecule has 0 aromatic heterocycles. The molecule has 3 heteroatoms. The van der Waals surface area contributed by atoms with E-state index in [1.54, 1.807) is 0 Å². The van der Waals surface area contributed by atoms with Gasteiger partial charge in [-0.2, -0.15) is 0 Å². The SMILES string of the molecule is CN(CC1(CNC2CC2)CCCOC1)C1CC1. The van der Waals surface area contributed by atoms with Gasteiger partial charge in [0.2, 0.25) is 0 Å². The number of ether oxygens (including phenoxy) is 1. The quantitative estimate of drug-likeness (QED) is 0.761. The molecule has 98 valence electrons. The van der Waals surface area contributed by atoms with Crippen LogP contribution in [0.3, 0.4) is 0 Å². The third kappa shape index (κ3) is 3.21. The Morgan fingerprint density at radius 3 is 2.71 bits per heavy atom. The minimum absolute atomic E-state index is 0.387. The van der Waals surface area contributed by atoms with Crippen LogP contribution in [0.4, 0.5) is 0 Å². The Morgan fingerprint density at radius 1 is 1.29 bits per heavy atom. The van der Waals surface area contributed by atoms with E-state index >= 15 is 0 Å². The van der Waals surface area contributed by atoms with Gasteiger partial charge in [0.1, 0.15) is 0 Å². The predicted octanol–water partition coefficient (Wildman–Crippen LogP) is 1.63. The zero-order chi connectivity index (χ0) is 11.7. The van der Waals surface area contributed by atoms with Crippen LogP contribution in [0.5, 0.6) is 0 Å². The number of rotatable bonds is 6. The third-order valence-electron chi connectivity index (χ3n) is 4.50. The molecule has 3 fully saturated rings. The van der Waals surface area contributed by atoms with Gasteiger partial charge in [-0.1, -0.05) is 0 Å². The van der Waals surface area contributed by atoms with E-state index in [1.165, 1.54) is 45.1 Å². The van der Waals surface area contributed by atoms with E-state index in [4.69, 9.17) is 4.74 Å². The average molecular weight is 238 g/mol. The van der Waals surface area contributed by atoms with Crippen molar-refractivity contribution in [1.29, 1.82) is 0 Å². The standard InChI is InChI=1S/C14H26N2O/c1-16(13-5-6-13)10-14(7-2-8-17-11-14)9-15-12-3-4-12/h12-13,15H,2-11H2,1H3. The lowest BCUT2D eigenvalue weighted by atomic mass is 9.81. The highest BCUT2D eigenvalue weighted by Crippen LogP contribution is 2.34. The van der Waals surface area contributed by atoms with Crippen molar-refractivity contribution in [1.82, 2.24) is 10.2 Å². The molecule has 3 aliphatic rings. The zero-order valence-corrected chi connectivity index (χ0v) is 11.1. The topological polar surface area (TPSA) is 24.5 Å². The van der Waals surface area contributed by atoms with Crippen LogP contribution in [0.15, 0.2) is 0 Å². The Labute approximate surface area is 105 Å². The number of nitrogens with one attached hydrogen (secondary N) is 1. The van der Waals surface area contributed by atoms with Crippen molar-refractivity contribution in [2.45, 2.75) is 50.6 Å². The van der Waals surface area contributed by atoms with Crippen LogP contribution < -0.4 is 5.32 Å². The van der Waals surface area contributed by atoms with E-state index in [1.807, 2.05) is 0 Å². The molecule has 1 saturated heterocycles. The minimum Gasteiger partial charge on any atom is -0.381 e. The molecular weight excluding hydrogens is 212 g/mol. The maximum Gasteiger partial charge on any atom is 0.0546 e. The maximum atomic E-state index is 5.77. The van der Waals surface area contributed by atoms with Crippen molar-refractivity contribution in [3.63, 3.8) is 0 Å². The zero-order valence-electron chi connectivity index (χ0n) is 11.1. The second-order valence-electron chi connectivity index (χ2n) is 6.46. The van der Waals surface area contributed by atoms with Gasteiger partial charge < -0.3 is 15.0 Å². The fourth-order valence-corrected chi connectivity index (χ4v) is 3.05. The first-order valence-electron chi connectivity index (χ1n) is 7.29. The summed E-state index contributed by atoms with van der Waals surface area (Å²) in [5.74, 6) is 0. The molecule has 2 saturated carbocycles. The van der Waals surface area contributed by atoms with Crippen LogP contribution in [0.1, 0.15) is 38.5 Å². The smallest absolute Gasteiger partial charge is 0.0546 e. The highest BCUT2D eigenvalue weighted by atomic mass is 16.5. The van der Waals surface area contributed by atoms with Gasteiger partial charge in [0.25, 0.3) is 0 Å². The molecule has 3 nitrogen and oxygen atoms in total. The average Bonchev–Trinajstić information content (AvgIpc) is 3.18. The number of hydrogen-bond donors (Lipinski definition) is 1. The Morgan fingerprint density at radius 2 is 2.12 bits per heavy atom. The molecule has 0 amide bonds. The lowest BCUT2D eigenvalue weighted by Gasteiger charge is -2.40. The van der Waals surface area contributed by atoms with Crippen molar-refractivity contribution in [2.24, 2.45) is 5.41 Å². The van der Waals surface area contributed by atoms with E-state index in [0.717, 1.165) is 31.8 Å².